The van der Waals surface area contributed by atoms with E-state index in [-0.39, 0.29) is 16.5 Å². The number of anilines is 1. The number of hydrogen-bond acceptors (Lipinski definition) is 6. The van der Waals surface area contributed by atoms with Crippen molar-refractivity contribution in [2.45, 2.75) is 19.9 Å². The summed E-state index contributed by atoms with van der Waals surface area (Å²) in [5, 5.41) is 11.1. The minimum Gasteiger partial charge on any atom is -0.493 e. The number of methoxy groups -OCH3 is 2. The fourth-order valence-electron chi connectivity index (χ4n) is 2.39. The molecule has 1 amide bonds. The molecule has 0 aliphatic carbocycles. The number of aryl methyl sites for hydroxylation is 1. The second kappa shape index (κ2) is 9.52. The zero-order chi connectivity index (χ0) is 20.8. The molecule has 0 saturated heterocycles. The summed E-state index contributed by atoms with van der Waals surface area (Å²) >= 11 is 12.3. The number of rotatable bonds is 7. The summed E-state index contributed by atoms with van der Waals surface area (Å²) in [6.45, 7) is 3.04. The molecule has 7 nitrogen and oxygen atoms in total. The maximum atomic E-state index is 12.7. The Hall–Kier alpha value is -2.64. The number of carbonyl (C=O) groups excluding carboxylic acids is 2. The van der Waals surface area contributed by atoms with E-state index in [1.54, 1.807) is 31.2 Å². The number of ketones is 1. The highest BCUT2D eigenvalue weighted by Crippen LogP contribution is 2.40. The van der Waals surface area contributed by atoms with Crippen molar-refractivity contribution in [1.82, 2.24) is 0 Å². The summed E-state index contributed by atoms with van der Waals surface area (Å²) in [5.41, 5.74) is 1.32. The molecule has 0 heterocycles. The van der Waals surface area contributed by atoms with Gasteiger partial charge in [0.2, 0.25) is 6.04 Å². The maximum Gasteiger partial charge on any atom is 0.258 e. The van der Waals surface area contributed by atoms with Crippen LogP contribution >= 0.6 is 23.2 Å². The molecule has 0 aliphatic rings. The Bertz CT molecular complexity index is 911. The zero-order valence-electron chi connectivity index (χ0n) is 15.7. The first-order chi connectivity index (χ1) is 13.3. The van der Waals surface area contributed by atoms with Crippen LogP contribution in [0.4, 0.5) is 11.4 Å². The average Bonchev–Trinajstić information content (AvgIpc) is 2.65. The molecule has 0 radical (unpaired) electrons. The van der Waals surface area contributed by atoms with Crippen molar-refractivity contribution in [3.05, 3.63) is 45.9 Å². The summed E-state index contributed by atoms with van der Waals surface area (Å²) in [5.74, 6) is -0.613. The topological polar surface area (TPSA) is 89.4 Å². The lowest BCUT2D eigenvalue weighted by Gasteiger charge is -2.16. The Morgan fingerprint density at radius 2 is 1.79 bits per heavy atom. The molecule has 1 N–H and O–H groups in total. The van der Waals surface area contributed by atoms with Crippen molar-refractivity contribution in [1.29, 1.82) is 0 Å². The van der Waals surface area contributed by atoms with Gasteiger partial charge < -0.3 is 14.8 Å². The van der Waals surface area contributed by atoms with Crippen LogP contribution in [0.1, 0.15) is 12.5 Å². The van der Waals surface area contributed by atoms with Crippen molar-refractivity contribution < 1.29 is 19.1 Å². The van der Waals surface area contributed by atoms with Crippen molar-refractivity contribution >= 4 is 46.3 Å². The number of nitrogens with one attached hydrogen (secondary N) is 1. The predicted molar refractivity (Wildman–Crippen MR) is 108 cm³/mol. The normalized spacial score (nSPS) is 11.9. The molecule has 1 unspecified atom stereocenters. The van der Waals surface area contributed by atoms with Crippen LogP contribution in [0.5, 0.6) is 11.5 Å². The third-order valence-electron chi connectivity index (χ3n) is 3.84. The molecule has 28 heavy (non-hydrogen) atoms. The first-order valence-electron chi connectivity index (χ1n) is 8.17. The lowest BCUT2D eigenvalue weighted by molar-refractivity contribution is -0.126. The van der Waals surface area contributed by atoms with Crippen molar-refractivity contribution in [2.24, 2.45) is 10.2 Å². The monoisotopic (exact) mass is 423 g/mol. The molecule has 1 atom stereocenters. The molecule has 0 fully saturated rings. The van der Waals surface area contributed by atoms with E-state index >= 15 is 0 Å². The molecular weight excluding hydrogens is 405 g/mol. The summed E-state index contributed by atoms with van der Waals surface area (Å²) < 4.78 is 10.5. The number of ether oxygens (including phenoxy) is 2. The summed E-state index contributed by atoms with van der Waals surface area (Å²) in [4.78, 5) is 24.7. The minimum atomic E-state index is -1.39. The lowest BCUT2D eigenvalue weighted by Crippen LogP contribution is -2.32. The van der Waals surface area contributed by atoms with Gasteiger partial charge in [-0.05, 0) is 37.6 Å². The van der Waals surface area contributed by atoms with Crippen LogP contribution in [0.3, 0.4) is 0 Å². The van der Waals surface area contributed by atoms with E-state index in [1.807, 2.05) is 0 Å². The van der Waals surface area contributed by atoms with Gasteiger partial charge in [0.05, 0.1) is 24.3 Å². The molecule has 0 spiro atoms. The van der Waals surface area contributed by atoms with E-state index in [2.05, 4.69) is 15.5 Å². The van der Waals surface area contributed by atoms with Gasteiger partial charge in [-0.2, -0.15) is 10.2 Å². The Labute approximate surface area is 172 Å². The number of halogens is 2. The molecule has 9 heteroatoms. The van der Waals surface area contributed by atoms with Gasteiger partial charge >= 0.3 is 0 Å². The fraction of sp³-hybridized carbons (Fsp3) is 0.263. The Kier molecular flexibility index (Phi) is 7.37. The standard InChI is InChI=1S/C19H19Cl2N3O4/c1-10-6-5-7-12(20)15(10)23-24-16(11(2)25)19(26)22-17-13(21)8-9-14(27-3)18(17)28-4/h5-9,16H,1-4H3,(H,22,26). The van der Waals surface area contributed by atoms with E-state index in [1.165, 1.54) is 27.2 Å². The van der Waals surface area contributed by atoms with E-state index in [9.17, 15) is 9.59 Å². The first kappa shape index (κ1) is 21.7. The van der Waals surface area contributed by atoms with Gasteiger partial charge in [-0.25, -0.2) is 0 Å². The average molecular weight is 424 g/mol. The maximum absolute atomic E-state index is 12.7. The van der Waals surface area contributed by atoms with E-state index in [0.717, 1.165) is 5.56 Å². The van der Waals surface area contributed by atoms with Gasteiger partial charge in [-0.15, -0.1) is 0 Å². The molecule has 0 aliphatic heterocycles. The number of Topliss-reactive ketones (excluding diaryl/α,β-unsaturated/α-hetero) is 1. The smallest absolute Gasteiger partial charge is 0.258 e. The minimum absolute atomic E-state index is 0.170. The van der Waals surface area contributed by atoms with E-state index < -0.39 is 17.7 Å². The second-order valence-corrected chi connectivity index (χ2v) is 6.60. The second-order valence-electron chi connectivity index (χ2n) is 5.78. The van der Waals surface area contributed by atoms with Crippen LogP contribution < -0.4 is 14.8 Å². The van der Waals surface area contributed by atoms with Crippen molar-refractivity contribution in [3.63, 3.8) is 0 Å². The molecule has 148 valence electrons. The zero-order valence-corrected chi connectivity index (χ0v) is 17.3. The number of nitrogens with zero attached hydrogens (tertiary/aromatic N) is 2. The third kappa shape index (κ3) is 4.79. The molecule has 2 rings (SSSR count). The summed E-state index contributed by atoms with van der Waals surface area (Å²) in [6.07, 6.45) is 0. The molecule has 2 aromatic rings. The highest BCUT2D eigenvalue weighted by molar-refractivity contribution is 6.34. The van der Waals surface area contributed by atoms with Gasteiger partial charge in [0.1, 0.15) is 11.4 Å². The fourth-order valence-corrected chi connectivity index (χ4v) is 2.85. The first-order valence-corrected chi connectivity index (χ1v) is 8.93. The van der Waals surface area contributed by atoms with Gasteiger partial charge in [0.15, 0.2) is 17.3 Å². The summed E-state index contributed by atoms with van der Waals surface area (Å²) in [7, 11) is 2.86. The van der Waals surface area contributed by atoms with Gasteiger partial charge in [0, 0.05) is 0 Å². The number of amides is 1. The Balaban J connectivity index is 2.35. The van der Waals surface area contributed by atoms with Crippen LogP contribution in [0.15, 0.2) is 40.6 Å². The largest absolute Gasteiger partial charge is 0.493 e. The van der Waals surface area contributed by atoms with Crippen LogP contribution in [0.2, 0.25) is 10.0 Å². The SMILES string of the molecule is COc1ccc(Cl)c(NC(=O)C(N=Nc2c(C)cccc2Cl)C(C)=O)c1OC. The highest BCUT2D eigenvalue weighted by Gasteiger charge is 2.26. The van der Waals surface area contributed by atoms with Crippen LogP contribution in [-0.4, -0.2) is 32.0 Å². The van der Waals surface area contributed by atoms with Gasteiger partial charge in [-0.1, -0.05) is 35.3 Å². The number of azo groups is 1. The van der Waals surface area contributed by atoms with E-state index in [4.69, 9.17) is 32.7 Å². The molecule has 0 saturated carbocycles. The number of hydrogen-bond donors (Lipinski definition) is 1. The number of carbonyl (C=O) groups is 2. The lowest BCUT2D eigenvalue weighted by atomic mass is 10.2. The summed E-state index contributed by atoms with van der Waals surface area (Å²) in [6, 6.07) is 6.96. The Morgan fingerprint density at radius 1 is 1.07 bits per heavy atom. The highest BCUT2D eigenvalue weighted by atomic mass is 35.5. The molecule has 0 aromatic heterocycles. The van der Waals surface area contributed by atoms with Crippen molar-refractivity contribution in [3.8, 4) is 11.5 Å². The van der Waals surface area contributed by atoms with Gasteiger partial charge in [-0.3, -0.25) is 9.59 Å². The van der Waals surface area contributed by atoms with Crippen LogP contribution in [0, 0.1) is 6.92 Å². The Morgan fingerprint density at radius 3 is 2.36 bits per heavy atom. The molecular formula is C19H19Cl2N3O4. The molecule has 0 bridgehead atoms. The number of benzene rings is 2. The van der Waals surface area contributed by atoms with Crippen molar-refractivity contribution in [2.75, 3.05) is 19.5 Å². The van der Waals surface area contributed by atoms with Crippen LogP contribution in [-0.2, 0) is 9.59 Å². The molecule has 2 aromatic carbocycles. The quantitative estimate of drug-likeness (QED) is 0.501. The third-order valence-corrected chi connectivity index (χ3v) is 4.46. The van der Waals surface area contributed by atoms with Gasteiger partial charge in [0.25, 0.3) is 5.91 Å². The predicted octanol–water partition coefficient (Wildman–Crippen LogP) is 5.00. The van der Waals surface area contributed by atoms with Crippen LogP contribution in [0.25, 0.3) is 0 Å². The van der Waals surface area contributed by atoms with E-state index in [0.29, 0.717) is 16.5 Å².